The maximum absolute atomic E-state index is 11.8. The molecule has 28 heavy (non-hydrogen) atoms. The molecule has 2 aromatic rings. The van der Waals surface area contributed by atoms with Crippen molar-refractivity contribution in [1.82, 2.24) is 24.7 Å². The highest BCUT2D eigenvalue weighted by molar-refractivity contribution is 5.26. The van der Waals surface area contributed by atoms with Crippen molar-refractivity contribution in [2.75, 3.05) is 46.3 Å². The molecule has 150 valence electrons. The molecule has 2 saturated heterocycles. The molecule has 4 rings (SSSR count). The van der Waals surface area contributed by atoms with Gasteiger partial charge in [0.2, 0.25) is 0 Å². The Hall–Kier alpha value is -1.86. The average Bonchev–Trinajstić information content (AvgIpc) is 2.72. The largest absolute Gasteiger partial charge is 0.383 e. The minimum absolute atomic E-state index is 0.0868. The summed E-state index contributed by atoms with van der Waals surface area (Å²) in [6.45, 7) is 8.55. The standard InChI is InChI=1S/C22H31N5O/c1-18-23-14-19(15-24-18)16-26-9-8-22(28,20-6-4-3-5-7-20)21(17-26)27-12-10-25(2)11-13-27/h3-7,14-15,21,28H,8-13,16-17H2,1-2H3/t21-,22+/m1/s1. The fraction of sp³-hybridized carbons (Fsp3) is 0.545. The van der Waals surface area contributed by atoms with Crippen molar-refractivity contribution in [3.63, 3.8) is 0 Å². The minimum atomic E-state index is -0.808. The molecule has 2 fully saturated rings. The third-order valence-electron chi connectivity index (χ3n) is 6.28. The van der Waals surface area contributed by atoms with Crippen molar-refractivity contribution >= 4 is 0 Å². The van der Waals surface area contributed by atoms with E-state index in [0.29, 0.717) is 0 Å². The Kier molecular flexibility index (Phi) is 5.73. The highest BCUT2D eigenvalue weighted by Crippen LogP contribution is 2.36. The highest BCUT2D eigenvalue weighted by Gasteiger charge is 2.46. The van der Waals surface area contributed by atoms with Crippen LogP contribution in [0.25, 0.3) is 0 Å². The van der Waals surface area contributed by atoms with Gasteiger partial charge >= 0.3 is 0 Å². The van der Waals surface area contributed by atoms with E-state index in [1.807, 2.05) is 37.5 Å². The summed E-state index contributed by atoms with van der Waals surface area (Å²) in [4.78, 5) is 16.0. The van der Waals surface area contributed by atoms with Crippen LogP contribution in [0, 0.1) is 6.92 Å². The van der Waals surface area contributed by atoms with E-state index in [2.05, 4.69) is 43.8 Å². The van der Waals surface area contributed by atoms with Gasteiger partial charge in [-0.05, 0) is 26.0 Å². The minimum Gasteiger partial charge on any atom is -0.383 e. The van der Waals surface area contributed by atoms with Gasteiger partial charge in [0, 0.05) is 63.8 Å². The van der Waals surface area contributed by atoms with Crippen molar-refractivity contribution in [3.05, 3.63) is 59.7 Å². The summed E-state index contributed by atoms with van der Waals surface area (Å²) in [5.41, 5.74) is 1.36. The number of likely N-dealkylation sites (N-methyl/N-ethyl adjacent to an activating group) is 1. The van der Waals surface area contributed by atoms with Gasteiger partial charge in [-0.2, -0.15) is 0 Å². The SMILES string of the molecule is Cc1ncc(CN2CC[C@](O)(c3ccccc3)[C@H](N3CCN(C)CC3)C2)cn1. The first-order valence-electron chi connectivity index (χ1n) is 10.2. The third kappa shape index (κ3) is 4.10. The molecule has 0 spiro atoms. The van der Waals surface area contributed by atoms with E-state index in [1.165, 1.54) is 0 Å². The zero-order valence-electron chi connectivity index (χ0n) is 17.0. The van der Waals surface area contributed by atoms with E-state index in [-0.39, 0.29) is 6.04 Å². The van der Waals surface area contributed by atoms with Gasteiger partial charge in [0.05, 0.1) is 6.04 Å². The topological polar surface area (TPSA) is 55.7 Å². The average molecular weight is 382 g/mol. The number of likely N-dealkylation sites (tertiary alicyclic amines) is 1. The second-order valence-electron chi connectivity index (χ2n) is 8.27. The summed E-state index contributed by atoms with van der Waals surface area (Å²) >= 11 is 0. The predicted molar refractivity (Wildman–Crippen MR) is 110 cm³/mol. The van der Waals surface area contributed by atoms with Gasteiger partial charge in [-0.15, -0.1) is 0 Å². The van der Waals surface area contributed by atoms with E-state index < -0.39 is 5.60 Å². The molecule has 6 nitrogen and oxygen atoms in total. The third-order valence-corrected chi connectivity index (χ3v) is 6.28. The molecule has 0 radical (unpaired) electrons. The smallest absolute Gasteiger partial charge is 0.125 e. The maximum Gasteiger partial charge on any atom is 0.125 e. The van der Waals surface area contributed by atoms with Gasteiger partial charge in [0.1, 0.15) is 11.4 Å². The first-order valence-corrected chi connectivity index (χ1v) is 10.2. The summed E-state index contributed by atoms with van der Waals surface area (Å²) in [7, 11) is 2.17. The van der Waals surface area contributed by atoms with Crippen LogP contribution in [-0.4, -0.2) is 82.1 Å². The van der Waals surface area contributed by atoms with Crippen LogP contribution in [0.4, 0.5) is 0 Å². The number of hydrogen-bond acceptors (Lipinski definition) is 6. The van der Waals surface area contributed by atoms with Crippen LogP contribution in [0.15, 0.2) is 42.7 Å². The Balaban J connectivity index is 1.56. The Labute approximate surface area is 167 Å². The normalized spacial score (nSPS) is 27.8. The Morgan fingerprint density at radius 2 is 1.71 bits per heavy atom. The van der Waals surface area contributed by atoms with Gasteiger partial charge in [-0.3, -0.25) is 9.80 Å². The predicted octanol–water partition coefficient (Wildman–Crippen LogP) is 1.49. The number of nitrogens with zero attached hydrogens (tertiary/aromatic N) is 5. The molecule has 3 heterocycles. The summed E-state index contributed by atoms with van der Waals surface area (Å²) in [5, 5.41) is 11.8. The molecule has 0 saturated carbocycles. The number of piperazine rings is 1. The second kappa shape index (κ2) is 8.25. The Morgan fingerprint density at radius 3 is 2.39 bits per heavy atom. The lowest BCUT2D eigenvalue weighted by atomic mass is 9.79. The number of aryl methyl sites for hydroxylation is 1. The van der Waals surface area contributed by atoms with E-state index in [4.69, 9.17) is 0 Å². The molecule has 0 aliphatic carbocycles. The van der Waals surface area contributed by atoms with E-state index >= 15 is 0 Å². The molecule has 1 aromatic heterocycles. The van der Waals surface area contributed by atoms with Gasteiger partial charge in [-0.25, -0.2) is 9.97 Å². The van der Waals surface area contributed by atoms with Crippen molar-refractivity contribution in [2.45, 2.75) is 31.5 Å². The van der Waals surface area contributed by atoms with Crippen molar-refractivity contribution in [2.24, 2.45) is 0 Å². The summed E-state index contributed by atoms with van der Waals surface area (Å²) in [6, 6.07) is 10.3. The van der Waals surface area contributed by atoms with Crippen LogP contribution in [0.5, 0.6) is 0 Å². The molecular weight excluding hydrogens is 350 g/mol. The lowest BCUT2D eigenvalue weighted by Crippen LogP contribution is -2.63. The number of hydrogen-bond donors (Lipinski definition) is 1. The van der Waals surface area contributed by atoms with E-state index in [1.54, 1.807) is 0 Å². The molecule has 1 N–H and O–H groups in total. The Morgan fingerprint density at radius 1 is 1.04 bits per heavy atom. The summed E-state index contributed by atoms with van der Waals surface area (Å²) < 4.78 is 0. The van der Waals surface area contributed by atoms with E-state index in [9.17, 15) is 5.11 Å². The molecular formula is C22H31N5O. The number of aliphatic hydroxyl groups is 1. The number of piperidine rings is 1. The molecule has 6 heteroatoms. The fourth-order valence-corrected chi connectivity index (χ4v) is 4.50. The molecule has 0 bridgehead atoms. The number of aromatic nitrogens is 2. The molecule has 2 aliphatic heterocycles. The lowest BCUT2D eigenvalue weighted by molar-refractivity contribution is -0.108. The molecule has 2 atom stereocenters. The quantitative estimate of drug-likeness (QED) is 0.866. The van der Waals surface area contributed by atoms with Crippen molar-refractivity contribution < 1.29 is 5.11 Å². The number of benzene rings is 1. The fourth-order valence-electron chi connectivity index (χ4n) is 4.50. The molecule has 0 unspecified atom stereocenters. The van der Waals surface area contributed by atoms with Crippen LogP contribution >= 0.6 is 0 Å². The highest BCUT2D eigenvalue weighted by atomic mass is 16.3. The van der Waals surface area contributed by atoms with Crippen molar-refractivity contribution in [3.8, 4) is 0 Å². The van der Waals surface area contributed by atoms with Gasteiger partial charge in [-0.1, -0.05) is 30.3 Å². The van der Waals surface area contributed by atoms with Gasteiger partial charge < -0.3 is 10.0 Å². The molecule has 1 aromatic carbocycles. The van der Waals surface area contributed by atoms with Crippen LogP contribution < -0.4 is 0 Å². The first kappa shape index (κ1) is 19.5. The first-order chi connectivity index (χ1) is 13.5. The molecule has 2 aliphatic rings. The molecule has 0 amide bonds. The van der Waals surface area contributed by atoms with E-state index in [0.717, 1.165) is 69.2 Å². The van der Waals surface area contributed by atoms with Gasteiger partial charge in [0.25, 0.3) is 0 Å². The second-order valence-corrected chi connectivity index (χ2v) is 8.27. The summed E-state index contributed by atoms with van der Waals surface area (Å²) in [6.07, 6.45) is 4.58. The van der Waals surface area contributed by atoms with Crippen molar-refractivity contribution in [1.29, 1.82) is 0 Å². The zero-order chi connectivity index (χ0) is 19.6. The zero-order valence-corrected chi connectivity index (χ0v) is 17.0. The van der Waals surface area contributed by atoms with Gasteiger partial charge in [0.15, 0.2) is 0 Å². The van der Waals surface area contributed by atoms with Crippen LogP contribution in [0.2, 0.25) is 0 Å². The lowest BCUT2D eigenvalue weighted by Gasteiger charge is -2.51. The van der Waals surface area contributed by atoms with Crippen LogP contribution in [0.1, 0.15) is 23.4 Å². The van der Waals surface area contributed by atoms with Crippen LogP contribution in [-0.2, 0) is 12.1 Å². The maximum atomic E-state index is 11.8. The monoisotopic (exact) mass is 381 g/mol. The Bertz CT molecular complexity index is 760. The van der Waals surface area contributed by atoms with Crippen LogP contribution in [0.3, 0.4) is 0 Å². The number of rotatable bonds is 4. The summed E-state index contributed by atoms with van der Waals surface area (Å²) in [5.74, 6) is 0.802.